The van der Waals surface area contributed by atoms with E-state index in [2.05, 4.69) is 5.32 Å². The predicted molar refractivity (Wildman–Crippen MR) is 106 cm³/mol. The number of nitrogens with zero attached hydrogens (tertiary/aromatic N) is 1. The molecule has 5 nitrogen and oxygen atoms in total. The van der Waals surface area contributed by atoms with Crippen LogP contribution in [0.5, 0.6) is 0 Å². The number of fused-ring (bicyclic) bond motifs is 1. The van der Waals surface area contributed by atoms with E-state index in [0.29, 0.717) is 11.7 Å². The fraction of sp³-hybridized carbons (Fsp3) is 0.286. The zero-order valence-corrected chi connectivity index (χ0v) is 16.6. The number of piperidine rings is 1. The summed E-state index contributed by atoms with van der Waals surface area (Å²) < 4.78 is 67.7. The molecule has 30 heavy (non-hydrogen) atoms. The van der Waals surface area contributed by atoms with Gasteiger partial charge in [-0.15, -0.1) is 0 Å². The average Bonchev–Trinajstić information content (AvgIpc) is 3.13. The van der Waals surface area contributed by atoms with Crippen LogP contribution in [0.1, 0.15) is 40.2 Å². The van der Waals surface area contributed by atoms with Crippen LogP contribution in [0.25, 0.3) is 10.9 Å². The van der Waals surface area contributed by atoms with Crippen LogP contribution in [0.15, 0.2) is 53.6 Å². The third kappa shape index (κ3) is 3.41. The Bertz CT molecular complexity index is 1210. The number of benzene rings is 2. The van der Waals surface area contributed by atoms with E-state index in [1.54, 1.807) is 6.07 Å². The van der Waals surface area contributed by atoms with Crippen LogP contribution in [0.2, 0.25) is 0 Å². The third-order valence-electron chi connectivity index (χ3n) is 5.49. The molecule has 1 fully saturated rings. The molecule has 0 spiro atoms. The predicted octanol–water partition coefficient (Wildman–Crippen LogP) is 4.18. The largest absolute Gasteiger partial charge is 0.417 e. The maximum Gasteiger partial charge on any atom is 0.417 e. The van der Waals surface area contributed by atoms with E-state index in [4.69, 9.17) is 0 Å². The number of nitrogens with one attached hydrogen (secondary N) is 1. The van der Waals surface area contributed by atoms with Gasteiger partial charge in [0, 0.05) is 17.1 Å². The number of alkyl halides is 3. The summed E-state index contributed by atoms with van der Waals surface area (Å²) in [5, 5.41) is 3.73. The Balaban J connectivity index is 1.96. The Hall–Kier alpha value is -2.65. The first-order valence-corrected chi connectivity index (χ1v) is 10.9. The van der Waals surface area contributed by atoms with Crippen LogP contribution >= 0.6 is 0 Å². The highest BCUT2D eigenvalue weighted by Crippen LogP contribution is 2.38. The maximum atomic E-state index is 13.5. The van der Waals surface area contributed by atoms with Gasteiger partial charge in [-0.1, -0.05) is 24.3 Å². The first-order chi connectivity index (χ1) is 14.2. The molecule has 1 aliphatic heterocycles. The first-order valence-electron chi connectivity index (χ1n) is 9.47. The normalized spacial score (nSPS) is 16.1. The van der Waals surface area contributed by atoms with Crippen molar-refractivity contribution in [3.05, 3.63) is 65.4 Å². The number of carbonyl (C=O) groups excluding carboxylic acids is 1. The Morgan fingerprint density at radius 1 is 1.03 bits per heavy atom. The van der Waals surface area contributed by atoms with Crippen molar-refractivity contribution >= 4 is 27.2 Å². The van der Waals surface area contributed by atoms with E-state index < -0.39 is 26.7 Å². The minimum absolute atomic E-state index is 0.134. The van der Waals surface area contributed by atoms with Crippen molar-refractivity contribution in [1.29, 1.82) is 0 Å². The van der Waals surface area contributed by atoms with Crippen molar-refractivity contribution in [1.82, 2.24) is 9.29 Å². The molecule has 1 aliphatic rings. The fourth-order valence-corrected chi connectivity index (χ4v) is 5.70. The summed E-state index contributed by atoms with van der Waals surface area (Å²) in [5.74, 6) is 0.134. The quantitative estimate of drug-likeness (QED) is 0.623. The summed E-state index contributed by atoms with van der Waals surface area (Å²) in [5.41, 5.74) is -0.0551. The molecule has 2 heterocycles. The van der Waals surface area contributed by atoms with E-state index in [0.717, 1.165) is 59.9 Å². The highest BCUT2D eigenvalue weighted by molar-refractivity contribution is 7.90. The van der Waals surface area contributed by atoms with Crippen molar-refractivity contribution in [3.63, 3.8) is 0 Å². The number of carbonyl (C=O) groups is 1. The van der Waals surface area contributed by atoms with E-state index in [9.17, 15) is 26.4 Å². The lowest BCUT2D eigenvalue weighted by Crippen LogP contribution is -2.26. The van der Waals surface area contributed by atoms with Gasteiger partial charge in [-0.2, -0.15) is 13.2 Å². The average molecular weight is 436 g/mol. The molecule has 3 aromatic rings. The maximum absolute atomic E-state index is 13.5. The molecule has 0 aliphatic carbocycles. The van der Waals surface area contributed by atoms with Crippen molar-refractivity contribution in [3.8, 4) is 0 Å². The number of aromatic nitrogens is 1. The standard InChI is InChI=1S/C21H19F3N2O3S/c22-21(23,24)17-5-1-2-7-19(17)30(28,29)26-12-15(13-27)20-16(4-3-6-18(20)26)14-8-10-25-11-9-14/h1-7,12-14,25H,8-11H2. The van der Waals surface area contributed by atoms with E-state index in [1.165, 1.54) is 12.1 Å². The smallest absolute Gasteiger partial charge is 0.317 e. The van der Waals surface area contributed by atoms with Gasteiger partial charge < -0.3 is 5.32 Å². The molecule has 0 unspecified atom stereocenters. The van der Waals surface area contributed by atoms with E-state index in [1.807, 2.05) is 6.07 Å². The Morgan fingerprint density at radius 2 is 1.73 bits per heavy atom. The third-order valence-corrected chi connectivity index (χ3v) is 7.22. The Labute approximate surface area is 171 Å². The molecule has 0 saturated carbocycles. The van der Waals surface area contributed by atoms with Crippen molar-refractivity contribution in [2.75, 3.05) is 13.1 Å². The summed E-state index contributed by atoms with van der Waals surface area (Å²) >= 11 is 0. The number of rotatable bonds is 4. The van der Waals surface area contributed by atoms with Crippen molar-refractivity contribution < 1.29 is 26.4 Å². The minimum Gasteiger partial charge on any atom is -0.317 e. The summed E-state index contributed by atoms with van der Waals surface area (Å²) in [7, 11) is -4.59. The molecule has 2 aromatic carbocycles. The molecule has 0 radical (unpaired) electrons. The molecular formula is C21H19F3N2O3S. The van der Waals surface area contributed by atoms with Crippen LogP contribution in [0.3, 0.4) is 0 Å². The van der Waals surface area contributed by atoms with Crippen molar-refractivity contribution in [2.45, 2.75) is 29.8 Å². The van der Waals surface area contributed by atoms with Gasteiger partial charge in [-0.3, -0.25) is 4.79 Å². The second kappa shape index (κ2) is 7.55. The monoisotopic (exact) mass is 436 g/mol. The second-order valence-corrected chi connectivity index (χ2v) is 9.05. The lowest BCUT2D eigenvalue weighted by molar-refractivity contribution is -0.139. The molecular weight excluding hydrogens is 417 g/mol. The van der Waals surface area contributed by atoms with Crippen LogP contribution in [-0.2, 0) is 16.2 Å². The van der Waals surface area contributed by atoms with Gasteiger partial charge in [0.15, 0.2) is 6.29 Å². The number of hydrogen-bond donors (Lipinski definition) is 1. The second-order valence-electron chi connectivity index (χ2n) is 7.26. The lowest BCUT2D eigenvalue weighted by Gasteiger charge is -2.24. The zero-order chi connectivity index (χ0) is 21.5. The van der Waals surface area contributed by atoms with Gasteiger partial charge >= 0.3 is 6.18 Å². The minimum atomic E-state index is -4.83. The fourth-order valence-electron chi connectivity index (χ4n) is 4.11. The first kappa shape index (κ1) is 20.6. The molecule has 158 valence electrons. The molecule has 1 aromatic heterocycles. The highest BCUT2D eigenvalue weighted by atomic mass is 32.2. The van der Waals surface area contributed by atoms with Gasteiger partial charge in [0.2, 0.25) is 0 Å². The molecule has 1 N–H and O–H groups in total. The van der Waals surface area contributed by atoms with Crippen LogP contribution in [0, 0.1) is 0 Å². The van der Waals surface area contributed by atoms with Gasteiger partial charge in [-0.05, 0) is 55.6 Å². The van der Waals surface area contributed by atoms with E-state index in [-0.39, 0.29) is 17.0 Å². The zero-order valence-electron chi connectivity index (χ0n) is 15.8. The number of hydrogen-bond acceptors (Lipinski definition) is 4. The topological polar surface area (TPSA) is 68.2 Å². The van der Waals surface area contributed by atoms with Gasteiger partial charge in [0.25, 0.3) is 10.0 Å². The molecule has 0 bridgehead atoms. The summed E-state index contributed by atoms with van der Waals surface area (Å²) in [4.78, 5) is 10.9. The van der Waals surface area contributed by atoms with Crippen LogP contribution in [-0.4, -0.2) is 31.8 Å². The molecule has 4 rings (SSSR count). The Kier molecular flexibility index (Phi) is 5.19. The summed E-state index contributed by atoms with van der Waals surface area (Å²) in [6.07, 6.45) is -1.52. The molecule has 0 amide bonds. The lowest BCUT2D eigenvalue weighted by atomic mass is 9.87. The number of halogens is 3. The molecule has 1 saturated heterocycles. The van der Waals surface area contributed by atoms with Gasteiger partial charge in [0.05, 0.1) is 11.1 Å². The SMILES string of the molecule is O=Cc1cn(S(=O)(=O)c2ccccc2C(F)(F)F)c2cccc(C3CCNCC3)c12. The van der Waals surface area contributed by atoms with E-state index >= 15 is 0 Å². The molecule has 9 heteroatoms. The van der Waals surface area contributed by atoms with Crippen LogP contribution < -0.4 is 5.32 Å². The summed E-state index contributed by atoms with van der Waals surface area (Å²) in [6, 6.07) is 9.10. The molecule has 0 atom stereocenters. The van der Waals surface area contributed by atoms with Crippen LogP contribution in [0.4, 0.5) is 13.2 Å². The summed E-state index contributed by atoms with van der Waals surface area (Å²) in [6.45, 7) is 1.60. The highest BCUT2D eigenvalue weighted by Gasteiger charge is 2.38. The Morgan fingerprint density at radius 3 is 2.40 bits per heavy atom. The number of aldehydes is 1. The van der Waals surface area contributed by atoms with Crippen molar-refractivity contribution in [2.24, 2.45) is 0 Å². The van der Waals surface area contributed by atoms with Gasteiger partial charge in [0.1, 0.15) is 4.90 Å². The van der Waals surface area contributed by atoms with Gasteiger partial charge in [-0.25, -0.2) is 12.4 Å².